The molecule has 0 radical (unpaired) electrons. The van der Waals surface area contributed by atoms with E-state index >= 15 is 0 Å². The van der Waals surface area contributed by atoms with Crippen LogP contribution in [-0.2, 0) is 0 Å². The van der Waals surface area contributed by atoms with E-state index in [9.17, 15) is 0 Å². The van der Waals surface area contributed by atoms with E-state index in [1.807, 2.05) is 91.0 Å². The van der Waals surface area contributed by atoms with Gasteiger partial charge < -0.3 is 14.1 Å². The Labute approximate surface area is 316 Å². The fraction of sp³-hybridized carbons (Fsp3) is 0. The van der Waals surface area contributed by atoms with E-state index in [-0.39, 0.29) is 0 Å². The fourth-order valence-corrected chi connectivity index (χ4v) is 7.74. The summed E-state index contributed by atoms with van der Waals surface area (Å²) in [6.07, 6.45) is 0. The van der Waals surface area contributed by atoms with Gasteiger partial charge >= 0.3 is 0 Å². The Hall–Kier alpha value is -7.57. The summed E-state index contributed by atoms with van der Waals surface area (Å²) in [7, 11) is 0. The summed E-state index contributed by atoms with van der Waals surface area (Å²) in [5, 5.41) is 4.27. The van der Waals surface area contributed by atoms with Gasteiger partial charge in [0.25, 0.3) is 0 Å². The van der Waals surface area contributed by atoms with Gasteiger partial charge in [-0.05, 0) is 52.9 Å². The number of rotatable bonds is 5. The highest BCUT2D eigenvalue weighted by Crippen LogP contribution is 2.57. The van der Waals surface area contributed by atoms with Crippen molar-refractivity contribution in [1.29, 1.82) is 0 Å². The molecule has 0 saturated heterocycles. The number of ether oxygens (including phenoxy) is 1. The number of anilines is 3. The van der Waals surface area contributed by atoms with Gasteiger partial charge in [0.2, 0.25) is 0 Å². The number of nitrogens with zero attached hydrogens (tertiary/aromatic N) is 4. The van der Waals surface area contributed by atoms with Crippen molar-refractivity contribution in [3.8, 4) is 56.8 Å². The monoisotopic (exact) mass is 706 g/mol. The molecule has 0 spiro atoms. The summed E-state index contributed by atoms with van der Waals surface area (Å²) in [5.41, 5.74) is 9.27. The van der Waals surface area contributed by atoms with E-state index in [0.717, 1.165) is 89.1 Å². The van der Waals surface area contributed by atoms with Crippen molar-refractivity contribution >= 4 is 49.8 Å². The van der Waals surface area contributed by atoms with Gasteiger partial charge in [-0.25, -0.2) is 15.0 Å². The molecule has 1 aliphatic heterocycles. The number of para-hydroxylation sites is 3. The van der Waals surface area contributed by atoms with Crippen LogP contribution in [0.3, 0.4) is 0 Å². The second-order valence-corrected chi connectivity index (χ2v) is 13.6. The zero-order chi connectivity index (χ0) is 36.3. The molecular formula is C49H30N4O2. The Balaban J connectivity index is 1.08. The van der Waals surface area contributed by atoms with Gasteiger partial charge in [0.1, 0.15) is 11.3 Å². The van der Waals surface area contributed by atoms with Crippen molar-refractivity contribution in [3.63, 3.8) is 0 Å². The van der Waals surface area contributed by atoms with Gasteiger partial charge in [0.15, 0.2) is 34.6 Å². The lowest BCUT2D eigenvalue weighted by atomic mass is 9.98. The molecule has 6 nitrogen and oxygen atoms in total. The minimum atomic E-state index is 0.612. The highest BCUT2D eigenvalue weighted by Gasteiger charge is 2.32. The van der Waals surface area contributed by atoms with Crippen LogP contribution in [0.1, 0.15) is 0 Å². The second kappa shape index (κ2) is 12.5. The second-order valence-electron chi connectivity index (χ2n) is 13.6. The first-order chi connectivity index (χ1) is 27.3. The number of aromatic nitrogens is 3. The zero-order valence-electron chi connectivity index (χ0n) is 29.4. The van der Waals surface area contributed by atoms with Crippen LogP contribution in [0.15, 0.2) is 186 Å². The molecule has 6 heteroatoms. The molecule has 1 aliphatic rings. The number of benzene rings is 8. The quantitative estimate of drug-likeness (QED) is 0.177. The molecule has 2 aromatic heterocycles. The largest absolute Gasteiger partial charge is 0.454 e. The number of fused-ring (bicyclic) bond motifs is 9. The first kappa shape index (κ1) is 31.0. The average Bonchev–Trinajstić information content (AvgIpc) is 3.66. The summed E-state index contributed by atoms with van der Waals surface area (Å²) < 4.78 is 13.5. The van der Waals surface area contributed by atoms with Crippen LogP contribution in [0.2, 0.25) is 0 Å². The molecule has 11 rings (SSSR count). The van der Waals surface area contributed by atoms with Crippen molar-refractivity contribution in [2.75, 3.05) is 4.90 Å². The molecule has 0 N–H and O–H groups in total. The first-order valence-corrected chi connectivity index (χ1v) is 18.3. The smallest absolute Gasteiger partial charge is 0.164 e. The van der Waals surface area contributed by atoms with Crippen LogP contribution in [-0.4, -0.2) is 15.0 Å². The Kier molecular flexibility index (Phi) is 7.07. The fourth-order valence-electron chi connectivity index (χ4n) is 7.74. The molecule has 55 heavy (non-hydrogen) atoms. The molecule has 0 fully saturated rings. The predicted molar refractivity (Wildman–Crippen MR) is 221 cm³/mol. The van der Waals surface area contributed by atoms with Gasteiger partial charge in [-0.1, -0.05) is 146 Å². The van der Waals surface area contributed by atoms with E-state index in [2.05, 4.69) is 95.9 Å². The molecule has 0 saturated carbocycles. The highest BCUT2D eigenvalue weighted by atomic mass is 16.5. The summed E-state index contributed by atoms with van der Waals surface area (Å²) in [6, 6.07) is 62.0. The average molecular weight is 707 g/mol. The minimum Gasteiger partial charge on any atom is -0.454 e. The Bertz CT molecular complexity index is 3030. The molecule has 0 unspecified atom stereocenters. The maximum Gasteiger partial charge on any atom is 0.164 e. The van der Waals surface area contributed by atoms with Crippen molar-refractivity contribution in [3.05, 3.63) is 182 Å². The van der Waals surface area contributed by atoms with Gasteiger partial charge in [0.05, 0.1) is 5.69 Å². The van der Waals surface area contributed by atoms with E-state index in [4.69, 9.17) is 24.1 Å². The van der Waals surface area contributed by atoms with Crippen LogP contribution in [0.4, 0.5) is 17.1 Å². The minimum absolute atomic E-state index is 0.612. The van der Waals surface area contributed by atoms with Crippen molar-refractivity contribution < 1.29 is 9.15 Å². The summed E-state index contributed by atoms with van der Waals surface area (Å²) in [6.45, 7) is 0. The molecule has 0 bridgehead atoms. The van der Waals surface area contributed by atoms with Crippen LogP contribution >= 0.6 is 0 Å². The number of furan rings is 1. The predicted octanol–water partition coefficient (Wildman–Crippen LogP) is 13.2. The molecule has 0 atom stereocenters. The van der Waals surface area contributed by atoms with E-state index in [0.29, 0.717) is 17.5 Å². The van der Waals surface area contributed by atoms with Gasteiger partial charge in [-0.15, -0.1) is 0 Å². The summed E-state index contributed by atoms with van der Waals surface area (Å²) in [5.74, 6) is 3.42. The van der Waals surface area contributed by atoms with Gasteiger partial charge in [-0.2, -0.15) is 0 Å². The van der Waals surface area contributed by atoms with Crippen molar-refractivity contribution in [2.24, 2.45) is 0 Å². The third kappa shape index (κ3) is 5.15. The zero-order valence-corrected chi connectivity index (χ0v) is 29.4. The third-order valence-corrected chi connectivity index (χ3v) is 10.3. The Morgan fingerprint density at radius 2 is 0.964 bits per heavy atom. The summed E-state index contributed by atoms with van der Waals surface area (Å²) in [4.78, 5) is 17.2. The first-order valence-electron chi connectivity index (χ1n) is 18.3. The molecule has 10 aromatic rings. The van der Waals surface area contributed by atoms with Gasteiger partial charge in [0, 0.05) is 38.5 Å². The third-order valence-electron chi connectivity index (χ3n) is 10.3. The van der Waals surface area contributed by atoms with Crippen LogP contribution in [0.25, 0.3) is 78.0 Å². The lowest BCUT2D eigenvalue weighted by Gasteiger charge is -2.33. The standard InChI is InChI=1S/C49H30N4O2/c1-3-15-31(16-4-1)47-50-48(32-17-5-2-6-18-32)52-49(51-47)35-21-13-19-33(29-35)34-20-14-22-36(30-34)53-40-26-10-12-28-42(40)55-45-38-24-8-7-23-37(38)43-39-25-9-11-27-41(39)54-46(43)44(45)53/h1-30H. The van der Waals surface area contributed by atoms with E-state index < -0.39 is 0 Å². The molecule has 0 amide bonds. The van der Waals surface area contributed by atoms with Gasteiger partial charge in [-0.3, -0.25) is 0 Å². The van der Waals surface area contributed by atoms with E-state index in [1.165, 1.54) is 0 Å². The maximum absolute atomic E-state index is 6.79. The van der Waals surface area contributed by atoms with Crippen LogP contribution < -0.4 is 9.64 Å². The Morgan fingerprint density at radius 3 is 1.71 bits per heavy atom. The summed E-state index contributed by atoms with van der Waals surface area (Å²) >= 11 is 0. The molecule has 258 valence electrons. The van der Waals surface area contributed by atoms with E-state index in [1.54, 1.807) is 0 Å². The SMILES string of the molecule is c1ccc(-c2nc(-c3ccccc3)nc(-c3cccc(-c4cccc(N5c6ccccc6Oc6c5c5oc7ccccc7c5c5ccccc65)c4)c3)n2)cc1. The van der Waals surface area contributed by atoms with Crippen molar-refractivity contribution in [1.82, 2.24) is 15.0 Å². The molecular weight excluding hydrogens is 677 g/mol. The maximum atomic E-state index is 6.79. The van der Waals surface area contributed by atoms with Crippen LogP contribution in [0.5, 0.6) is 11.5 Å². The Morgan fingerprint density at radius 1 is 0.418 bits per heavy atom. The number of hydrogen-bond acceptors (Lipinski definition) is 6. The highest BCUT2D eigenvalue weighted by molar-refractivity contribution is 6.26. The molecule has 8 aromatic carbocycles. The normalized spacial score (nSPS) is 12.1. The topological polar surface area (TPSA) is 64.3 Å². The lowest BCUT2D eigenvalue weighted by molar-refractivity contribution is 0.482. The molecule has 3 heterocycles. The van der Waals surface area contributed by atoms with Crippen LogP contribution in [0, 0.1) is 0 Å². The number of hydrogen-bond donors (Lipinski definition) is 0. The molecule has 0 aliphatic carbocycles. The van der Waals surface area contributed by atoms with Crippen molar-refractivity contribution in [2.45, 2.75) is 0 Å². The lowest BCUT2D eigenvalue weighted by Crippen LogP contribution is -2.16.